The molecule has 2 N–H and O–H groups in total. The molecule has 2 rings (SSSR count). The summed E-state index contributed by atoms with van der Waals surface area (Å²) < 4.78 is 1.65. The van der Waals surface area contributed by atoms with Gasteiger partial charge in [0.1, 0.15) is 17.6 Å². The molecule has 104 valence electrons. The van der Waals surface area contributed by atoms with Crippen LogP contribution in [0.4, 0.5) is 11.5 Å². The van der Waals surface area contributed by atoms with Crippen molar-refractivity contribution in [2.75, 3.05) is 5.32 Å². The van der Waals surface area contributed by atoms with Gasteiger partial charge in [0.25, 0.3) is 0 Å². The van der Waals surface area contributed by atoms with Crippen LogP contribution in [0.3, 0.4) is 0 Å². The topological polar surface area (TPSA) is 123 Å². The van der Waals surface area contributed by atoms with E-state index in [4.69, 9.17) is 5.11 Å². The quantitative estimate of drug-likeness (QED) is 0.618. The van der Waals surface area contributed by atoms with Gasteiger partial charge >= 0.3 is 11.7 Å². The summed E-state index contributed by atoms with van der Waals surface area (Å²) in [7, 11) is 1.77. The maximum Gasteiger partial charge on any atom is 0.342 e. The van der Waals surface area contributed by atoms with E-state index in [2.05, 4.69) is 15.4 Å². The lowest BCUT2D eigenvalue weighted by molar-refractivity contribution is -0.385. The molecule has 0 unspecified atom stereocenters. The summed E-state index contributed by atoms with van der Waals surface area (Å²) in [5.74, 6) is -1.13. The number of nitrogens with one attached hydrogen (secondary N) is 1. The van der Waals surface area contributed by atoms with E-state index in [1.807, 2.05) is 0 Å². The number of aromatic carboxylic acids is 1. The molecule has 2 heterocycles. The number of hydrogen-bond donors (Lipinski definition) is 2. The van der Waals surface area contributed by atoms with Gasteiger partial charge in [-0.15, -0.1) is 0 Å². The van der Waals surface area contributed by atoms with Crippen molar-refractivity contribution < 1.29 is 14.8 Å². The molecule has 0 fully saturated rings. The van der Waals surface area contributed by atoms with Gasteiger partial charge in [-0.05, 0) is 6.07 Å². The average Bonchev–Trinajstić information content (AvgIpc) is 2.81. The van der Waals surface area contributed by atoms with Gasteiger partial charge in [0.15, 0.2) is 0 Å². The van der Waals surface area contributed by atoms with Crippen LogP contribution < -0.4 is 5.32 Å². The third-order valence-electron chi connectivity index (χ3n) is 2.68. The number of carboxylic acids is 1. The van der Waals surface area contributed by atoms with Gasteiger partial charge in [0.2, 0.25) is 0 Å². The highest BCUT2D eigenvalue weighted by Crippen LogP contribution is 2.20. The Kier molecular flexibility index (Phi) is 3.60. The van der Waals surface area contributed by atoms with Gasteiger partial charge in [0, 0.05) is 19.3 Å². The Hall–Kier alpha value is -2.97. The minimum Gasteiger partial charge on any atom is -0.477 e. The van der Waals surface area contributed by atoms with E-state index < -0.39 is 22.1 Å². The van der Waals surface area contributed by atoms with Gasteiger partial charge in [-0.1, -0.05) is 0 Å². The van der Waals surface area contributed by atoms with Gasteiger partial charge in [-0.25, -0.2) is 9.78 Å². The molecule has 0 saturated heterocycles. The SMILES string of the molecule is Cn1nccc1CNc1cc(C(=O)O)c([N+](=O)[O-])cn1. The van der Waals surface area contributed by atoms with Crippen LogP contribution in [0, 0.1) is 10.1 Å². The molecule has 2 aromatic heterocycles. The highest BCUT2D eigenvalue weighted by Gasteiger charge is 2.20. The lowest BCUT2D eigenvalue weighted by Gasteiger charge is -2.06. The van der Waals surface area contributed by atoms with Crippen molar-refractivity contribution in [2.24, 2.45) is 7.05 Å². The highest BCUT2D eigenvalue weighted by atomic mass is 16.6. The zero-order chi connectivity index (χ0) is 14.7. The highest BCUT2D eigenvalue weighted by molar-refractivity contribution is 5.93. The first-order valence-corrected chi connectivity index (χ1v) is 5.57. The van der Waals surface area contributed by atoms with E-state index in [1.165, 1.54) is 0 Å². The summed E-state index contributed by atoms with van der Waals surface area (Å²) in [6, 6.07) is 2.92. The number of nitro groups is 1. The summed E-state index contributed by atoms with van der Waals surface area (Å²) >= 11 is 0. The fourth-order valence-electron chi connectivity index (χ4n) is 1.62. The van der Waals surface area contributed by atoms with E-state index >= 15 is 0 Å². The first kappa shape index (κ1) is 13.5. The zero-order valence-electron chi connectivity index (χ0n) is 10.5. The predicted molar refractivity (Wildman–Crippen MR) is 68.4 cm³/mol. The molecule has 0 spiro atoms. The van der Waals surface area contributed by atoms with Gasteiger partial charge in [-0.3, -0.25) is 14.8 Å². The Morgan fingerprint density at radius 3 is 2.90 bits per heavy atom. The van der Waals surface area contributed by atoms with Crippen molar-refractivity contribution >= 4 is 17.5 Å². The zero-order valence-corrected chi connectivity index (χ0v) is 10.5. The number of rotatable bonds is 5. The summed E-state index contributed by atoms with van der Waals surface area (Å²) in [5, 5.41) is 26.5. The number of nitrogens with zero attached hydrogens (tertiary/aromatic N) is 4. The van der Waals surface area contributed by atoms with Crippen LogP contribution >= 0.6 is 0 Å². The molecular formula is C11H11N5O4. The molecule has 0 saturated carbocycles. The first-order chi connectivity index (χ1) is 9.49. The first-order valence-electron chi connectivity index (χ1n) is 5.57. The van der Waals surface area contributed by atoms with Crippen LogP contribution in [-0.4, -0.2) is 30.8 Å². The van der Waals surface area contributed by atoms with Crippen molar-refractivity contribution in [1.29, 1.82) is 0 Å². The number of pyridine rings is 1. The van der Waals surface area contributed by atoms with Gasteiger partial charge in [0.05, 0.1) is 17.2 Å². The van der Waals surface area contributed by atoms with Gasteiger partial charge < -0.3 is 10.4 Å². The lowest BCUT2D eigenvalue weighted by Crippen LogP contribution is -2.09. The molecule has 0 radical (unpaired) electrons. The van der Waals surface area contributed by atoms with E-state index in [9.17, 15) is 14.9 Å². The minimum atomic E-state index is -1.37. The van der Waals surface area contributed by atoms with E-state index in [0.717, 1.165) is 18.0 Å². The van der Waals surface area contributed by atoms with Crippen LogP contribution in [0.25, 0.3) is 0 Å². The molecule has 0 aliphatic heterocycles. The number of carboxylic acid groups (broad SMARTS) is 1. The van der Waals surface area contributed by atoms with E-state index in [0.29, 0.717) is 6.54 Å². The second-order valence-corrected chi connectivity index (χ2v) is 3.95. The molecule has 9 heteroatoms. The Morgan fingerprint density at radius 1 is 1.60 bits per heavy atom. The average molecular weight is 277 g/mol. The molecule has 2 aromatic rings. The smallest absolute Gasteiger partial charge is 0.342 e. The molecule has 0 bridgehead atoms. The van der Waals surface area contributed by atoms with Crippen LogP contribution in [-0.2, 0) is 13.6 Å². The fourth-order valence-corrected chi connectivity index (χ4v) is 1.62. The second-order valence-electron chi connectivity index (χ2n) is 3.95. The van der Waals surface area contributed by atoms with Crippen LogP contribution in [0.15, 0.2) is 24.5 Å². The summed E-state index contributed by atoms with van der Waals surface area (Å²) in [4.78, 5) is 24.7. The maximum absolute atomic E-state index is 11.0. The Bertz CT molecular complexity index is 667. The molecule has 0 aromatic carbocycles. The number of aryl methyl sites for hydroxylation is 1. The summed E-state index contributed by atoms with van der Waals surface area (Å²) in [6.07, 6.45) is 2.55. The largest absolute Gasteiger partial charge is 0.477 e. The van der Waals surface area contributed by atoms with Crippen molar-refractivity contribution in [3.8, 4) is 0 Å². The monoisotopic (exact) mass is 277 g/mol. The predicted octanol–water partition coefficient (Wildman–Crippen LogP) is 1.03. The standard InChI is InChI=1S/C11H11N5O4/c1-15-7(2-3-14-15)5-12-10-4-8(11(17)18)9(6-13-10)16(19)20/h2-4,6H,5H2,1H3,(H,12,13)(H,17,18). The molecule has 0 aliphatic rings. The van der Waals surface area contributed by atoms with Crippen molar-refractivity contribution in [3.63, 3.8) is 0 Å². The van der Waals surface area contributed by atoms with Crippen LogP contribution in [0.1, 0.15) is 16.1 Å². The van der Waals surface area contributed by atoms with Gasteiger partial charge in [-0.2, -0.15) is 5.10 Å². The van der Waals surface area contributed by atoms with Crippen molar-refractivity contribution in [2.45, 2.75) is 6.54 Å². The third-order valence-corrected chi connectivity index (χ3v) is 2.68. The third kappa shape index (κ3) is 2.71. The molecule has 9 nitrogen and oxygen atoms in total. The van der Waals surface area contributed by atoms with E-state index in [1.54, 1.807) is 24.0 Å². The molecule has 0 amide bonds. The lowest BCUT2D eigenvalue weighted by atomic mass is 10.2. The second kappa shape index (κ2) is 5.34. The van der Waals surface area contributed by atoms with E-state index in [-0.39, 0.29) is 5.82 Å². The number of hydrogen-bond acceptors (Lipinski definition) is 6. The molecule has 0 atom stereocenters. The number of carbonyl (C=O) groups is 1. The van der Waals surface area contributed by atoms with Crippen LogP contribution in [0.5, 0.6) is 0 Å². The number of aromatic nitrogens is 3. The Labute approximate surface area is 113 Å². The van der Waals surface area contributed by atoms with Crippen molar-refractivity contribution in [3.05, 3.63) is 45.9 Å². The minimum absolute atomic E-state index is 0.245. The Morgan fingerprint density at radius 2 is 2.35 bits per heavy atom. The van der Waals surface area contributed by atoms with Crippen molar-refractivity contribution in [1.82, 2.24) is 14.8 Å². The molecular weight excluding hydrogens is 266 g/mol. The summed E-state index contributed by atoms with van der Waals surface area (Å²) in [5.41, 5.74) is -0.0804. The van der Waals surface area contributed by atoms with Crippen LogP contribution in [0.2, 0.25) is 0 Å². The maximum atomic E-state index is 11.0. The molecule has 0 aliphatic carbocycles. The summed E-state index contributed by atoms with van der Waals surface area (Å²) in [6.45, 7) is 0.375. The number of anilines is 1. The fraction of sp³-hybridized carbons (Fsp3) is 0.182. The molecule has 20 heavy (non-hydrogen) atoms. The Balaban J connectivity index is 2.21. The normalized spacial score (nSPS) is 10.2.